The monoisotopic (exact) mass is 872 g/mol. The van der Waals surface area contributed by atoms with Gasteiger partial charge in [0.1, 0.15) is 5.60 Å². The first-order valence-electron chi connectivity index (χ1n) is 20.7. The number of hydrogen-bond donors (Lipinski definition) is 2. The highest BCUT2D eigenvalue weighted by Crippen LogP contribution is 2.93. The molecule has 12 rings (SSSR count). The highest BCUT2D eigenvalue weighted by molar-refractivity contribution is 7.43. The molecule has 4 unspecified atom stereocenters. The van der Waals surface area contributed by atoms with Crippen LogP contribution in [0.15, 0.2) is 72.8 Å². The number of aliphatic hydroxyl groups is 2. The molecule has 8 aliphatic heterocycles. The summed E-state index contributed by atoms with van der Waals surface area (Å²) < 4.78 is 72.8. The summed E-state index contributed by atoms with van der Waals surface area (Å²) in [5, 5.41) is 22.8. The molecule has 8 saturated heterocycles. The van der Waals surface area contributed by atoms with E-state index in [1.165, 1.54) is 0 Å². The predicted octanol–water partition coefficient (Wildman–Crippen LogP) is 9.79. The van der Waals surface area contributed by atoms with E-state index in [0.29, 0.717) is 22.3 Å². The Bertz CT molecular complexity index is 2430. The van der Waals surface area contributed by atoms with Crippen LogP contribution in [0.2, 0.25) is 0 Å². The molecule has 8 heterocycles. The van der Waals surface area contributed by atoms with E-state index in [4.69, 9.17) is 46.1 Å². The second-order valence-electron chi connectivity index (χ2n) is 19.1. The number of aliphatic hydroxyl groups excluding tert-OH is 2. The fourth-order valence-electron chi connectivity index (χ4n) is 10.6. The van der Waals surface area contributed by atoms with Gasteiger partial charge in [0.2, 0.25) is 17.0 Å². The molecule has 0 radical (unpaired) electrons. The molecule has 0 saturated carbocycles. The van der Waals surface area contributed by atoms with Crippen LogP contribution in [0.1, 0.15) is 94.5 Å². The zero-order valence-corrected chi connectivity index (χ0v) is 38.5. The van der Waals surface area contributed by atoms with Crippen LogP contribution in [-0.4, -0.2) is 41.3 Å². The van der Waals surface area contributed by atoms with Gasteiger partial charge in [-0.1, -0.05) is 109 Å². The average molecular weight is 873 g/mol. The standard InChI is InChI=1S/C47H54O12P2/c1-27-13-17-35(31(5)21-27)41(36-18-14-28(2)22-32(36)6)44-43(38-20-16-30(4)24-34(38)8,51-42(50-41,39(9,10)25-48)37-19-15-29(3)23-33(37)7)54-60-56-46(44,57-60)52-45(40(11,12)26-49)53-47(44)58-61(55-45)59-47/h13-24,48-49H,25-26H2,1-12H3. The van der Waals surface area contributed by atoms with E-state index in [2.05, 4.69) is 24.3 Å². The molecule has 4 aromatic rings. The molecule has 0 aliphatic carbocycles. The van der Waals surface area contributed by atoms with Gasteiger partial charge in [-0.05, 0) is 103 Å². The highest BCUT2D eigenvalue weighted by atomic mass is 31.2. The minimum atomic E-state index is -2.26. The van der Waals surface area contributed by atoms with Gasteiger partial charge in [0, 0.05) is 16.5 Å². The molecule has 8 fully saturated rings. The molecule has 4 atom stereocenters. The lowest BCUT2D eigenvalue weighted by Gasteiger charge is -2.82. The van der Waals surface area contributed by atoms with Crippen molar-refractivity contribution in [1.82, 2.24) is 0 Å². The lowest BCUT2D eigenvalue weighted by molar-refractivity contribution is -0.736. The first kappa shape index (κ1) is 42.2. The van der Waals surface area contributed by atoms with Crippen molar-refractivity contribution in [1.29, 1.82) is 0 Å². The normalized spacial score (nSPS) is 35.7. The van der Waals surface area contributed by atoms with Gasteiger partial charge in [-0.25, -0.2) is 0 Å². The molecule has 3 spiro atoms. The number of ether oxygens (including phenoxy) is 4. The molecule has 5 bridgehead atoms. The van der Waals surface area contributed by atoms with E-state index < -0.39 is 75.2 Å². The van der Waals surface area contributed by atoms with Crippen LogP contribution < -0.4 is 0 Å². The van der Waals surface area contributed by atoms with Crippen molar-refractivity contribution in [3.63, 3.8) is 0 Å². The van der Waals surface area contributed by atoms with Crippen LogP contribution in [0.4, 0.5) is 0 Å². The van der Waals surface area contributed by atoms with Crippen molar-refractivity contribution < 1.29 is 56.3 Å². The molecular weight excluding hydrogens is 818 g/mol. The summed E-state index contributed by atoms with van der Waals surface area (Å²) in [5.41, 5.74) is 3.37. The molecule has 0 amide bonds. The lowest BCUT2D eigenvalue weighted by atomic mass is 9.52. The van der Waals surface area contributed by atoms with E-state index in [0.717, 1.165) is 44.5 Å². The van der Waals surface area contributed by atoms with Crippen molar-refractivity contribution >= 4 is 17.2 Å². The maximum Gasteiger partial charge on any atom is 0.346 e. The van der Waals surface area contributed by atoms with Crippen LogP contribution >= 0.6 is 17.2 Å². The minimum Gasteiger partial charge on any atom is -0.396 e. The Kier molecular flexibility index (Phi) is 9.12. The fraction of sp³-hybridized carbons (Fsp3) is 0.489. The van der Waals surface area contributed by atoms with Gasteiger partial charge >= 0.3 is 35.1 Å². The van der Waals surface area contributed by atoms with Gasteiger partial charge in [-0.2, -0.15) is 0 Å². The molecule has 324 valence electrons. The van der Waals surface area contributed by atoms with Gasteiger partial charge in [-0.15, -0.1) is 0 Å². The molecule has 8 aliphatic rings. The summed E-state index contributed by atoms with van der Waals surface area (Å²) in [6.45, 7) is 22.8. The number of rotatable bonds is 8. The average Bonchev–Trinajstić information content (AvgIpc) is 3.16. The summed E-state index contributed by atoms with van der Waals surface area (Å²) in [4.78, 5) is 0. The zero-order valence-electron chi connectivity index (χ0n) is 36.7. The molecule has 61 heavy (non-hydrogen) atoms. The maximum absolute atomic E-state index is 11.8. The van der Waals surface area contributed by atoms with Crippen LogP contribution in [0, 0.1) is 71.6 Å². The molecule has 4 aromatic carbocycles. The number of benzene rings is 4. The van der Waals surface area contributed by atoms with E-state index in [9.17, 15) is 10.2 Å². The largest absolute Gasteiger partial charge is 0.396 e. The first-order chi connectivity index (χ1) is 28.7. The topological polar surface area (TPSA) is 133 Å². The summed E-state index contributed by atoms with van der Waals surface area (Å²) >= 11 is 0. The van der Waals surface area contributed by atoms with Crippen molar-refractivity contribution in [2.24, 2.45) is 16.2 Å². The third-order valence-corrected chi connectivity index (χ3v) is 16.1. The Morgan fingerprint density at radius 2 is 0.852 bits per heavy atom. The number of hydrogen-bond acceptors (Lipinski definition) is 12. The Balaban J connectivity index is 1.48. The maximum atomic E-state index is 11.8. The van der Waals surface area contributed by atoms with Crippen molar-refractivity contribution in [3.05, 3.63) is 140 Å². The zero-order chi connectivity index (χ0) is 43.6. The Morgan fingerprint density at radius 3 is 1.26 bits per heavy atom. The van der Waals surface area contributed by atoms with Crippen molar-refractivity contribution in [2.45, 2.75) is 118 Å². The summed E-state index contributed by atoms with van der Waals surface area (Å²) in [5.74, 6) is -10.5. The molecule has 0 aromatic heterocycles. The highest BCUT2D eigenvalue weighted by Gasteiger charge is 3.05. The fourth-order valence-corrected chi connectivity index (χ4v) is 13.3. The van der Waals surface area contributed by atoms with Gasteiger partial charge in [0.25, 0.3) is 0 Å². The Hall–Kier alpha value is -2.74. The van der Waals surface area contributed by atoms with Gasteiger partial charge < -0.3 is 19.7 Å². The Labute approximate surface area is 359 Å². The van der Waals surface area contributed by atoms with Crippen molar-refractivity contribution in [2.75, 3.05) is 13.2 Å². The molecule has 12 nitrogen and oxygen atoms in total. The van der Waals surface area contributed by atoms with E-state index in [-0.39, 0.29) is 6.61 Å². The SMILES string of the molecule is Cc1ccc(C2(C(C)(C)CO)OC3(c4ccc(C)cc4C)OP4OC5(O4)OC4(C(C)(C)CO)OP6OC(O6)(O4)C53C(c3ccc(C)cc3C)(c3ccc(C)cc3C)O2)c(C)c1. The second-order valence-corrected chi connectivity index (χ2v) is 21.1. The summed E-state index contributed by atoms with van der Waals surface area (Å²) in [6.07, 6.45) is 0. The summed E-state index contributed by atoms with van der Waals surface area (Å²) in [6, 6.07) is 24.5. The molecule has 2 N–H and O–H groups in total. The smallest absolute Gasteiger partial charge is 0.346 e. The third kappa shape index (κ3) is 4.99. The van der Waals surface area contributed by atoms with Crippen molar-refractivity contribution in [3.8, 4) is 0 Å². The number of aryl methyl sites for hydroxylation is 8. The summed E-state index contributed by atoms with van der Waals surface area (Å²) in [7, 11) is -4.41. The molecule has 14 heteroatoms. The second kappa shape index (κ2) is 13.2. The van der Waals surface area contributed by atoms with E-state index in [1.807, 2.05) is 118 Å². The van der Waals surface area contributed by atoms with Crippen LogP contribution in [-0.2, 0) is 63.3 Å². The van der Waals surface area contributed by atoms with E-state index >= 15 is 0 Å². The minimum absolute atomic E-state index is 0.378. The van der Waals surface area contributed by atoms with Crippen LogP contribution in [0.3, 0.4) is 0 Å². The molecular formula is C47H54O12P2. The van der Waals surface area contributed by atoms with Gasteiger partial charge in [-0.3, -0.25) is 36.6 Å². The van der Waals surface area contributed by atoms with Crippen LogP contribution in [0.5, 0.6) is 0 Å². The Morgan fingerprint density at radius 1 is 0.459 bits per heavy atom. The van der Waals surface area contributed by atoms with E-state index in [1.54, 1.807) is 13.8 Å². The van der Waals surface area contributed by atoms with Crippen LogP contribution in [0.25, 0.3) is 0 Å². The van der Waals surface area contributed by atoms with Gasteiger partial charge in [0.15, 0.2) is 0 Å². The predicted molar refractivity (Wildman–Crippen MR) is 225 cm³/mol. The quantitative estimate of drug-likeness (QED) is 0.163. The first-order valence-corrected chi connectivity index (χ1v) is 22.9. The van der Waals surface area contributed by atoms with Gasteiger partial charge in [0.05, 0.1) is 18.6 Å². The third-order valence-electron chi connectivity index (χ3n) is 13.7. The lowest BCUT2D eigenvalue weighted by Crippen LogP contribution is -2.95.